The topological polar surface area (TPSA) is 234 Å². The molecule has 10 N–H and O–H groups in total. The molecule has 0 heterocycles. The number of hydrogen-bond acceptors (Lipinski definition) is 8. The van der Waals surface area contributed by atoms with Crippen LogP contribution < -0.4 is 27.4 Å². The molecule has 4 amide bonds. The van der Waals surface area contributed by atoms with Crippen molar-refractivity contribution in [3.05, 3.63) is 0 Å². The summed E-state index contributed by atoms with van der Waals surface area (Å²) in [6.45, 7) is 3.57. The summed E-state index contributed by atoms with van der Waals surface area (Å²) in [6.07, 6.45) is -2.08. The molecule has 13 heteroatoms. The Morgan fingerprint density at radius 3 is 1.79 bits per heavy atom. The molecule has 5 atom stereocenters. The van der Waals surface area contributed by atoms with E-state index in [1.807, 2.05) is 0 Å². The number of amides is 4. The molecule has 0 radical (unpaired) electrons. The van der Waals surface area contributed by atoms with Gasteiger partial charge < -0.3 is 42.7 Å². The number of nitrogens with two attached hydrogens (primary N) is 2. The molecular weight excluding hydrogens is 390 g/mol. The highest BCUT2D eigenvalue weighted by Crippen LogP contribution is 2.04. The fourth-order valence-electron chi connectivity index (χ4n) is 2.19. The van der Waals surface area contributed by atoms with Gasteiger partial charge in [-0.1, -0.05) is 13.8 Å². The van der Waals surface area contributed by atoms with Crippen molar-refractivity contribution >= 4 is 29.6 Å². The van der Waals surface area contributed by atoms with Gasteiger partial charge in [0.2, 0.25) is 23.6 Å². The van der Waals surface area contributed by atoms with Gasteiger partial charge in [0.15, 0.2) is 0 Å². The quantitative estimate of drug-likeness (QED) is 0.153. The van der Waals surface area contributed by atoms with Gasteiger partial charge in [-0.3, -0.25) is 19.2 Å². The second kappa shape index (κ2) is 11.9. The van der Waals surface area contributed by atoms with E-state index in [-0.39, 0.29) is 0 Å². The Balaban J connectivity index is 5.41. The number of aliphatic carboxylic acids is 1. The van der Waals surface area contributed by atoms with Crippen LogP contribution in [0, 0.1) is 5.92 Å². The Hall–Kier alpha value is -2.77. The maximum Gasteiger partial charge on any atom is 0.326 e. The molecule has 0 bridgehead atoms. The van der Waals surface area contributed by atoms with Crippen molar-refractivity contribution in [1.29, 1.82) is 0 Å². The van der Waals surface area contributed by atoms with Gasteiger partial charge in [-0.2, -0.15) is 0 Å². The number of carbonyl (C=O) groups is 5. The van der Waals surface area contributed by atoms with E-state index in [0.717, 1.165) is 0 Å². The van der Waals surface area contributed by atoms with Gasteiger partial charge in [-0.15, -0.1) is 0 Å². The summed E-state index contributed by atoms with van der Waals surface area (Å²) < 4.78 is 0. The largest absolute Gasteiger partial charge is 0.480 e. The number of aliphatic hydroxyl groups excluding tert-OH is 2. The van der Waals surface area contributed by atoms with Crippen molar-refractivity contribution in [2.75, 3.05) is 6.61 Å². The molecule has 0 spiro atoms. The maximum absolute atomic E-state index is 12.5. The number of hydrogen-bond donors (Lipinski definition) is 8. The van der Waals surface area contributed by atoms with Crippen LogP contribution in [0.25, 0.3) is 0 Å². The fraction of sp³-hybridized carbons (Fsp3) is 0.688. The number of rotatable bonds is 12. The maximum atomic E-state index is 12.5. The first-order valence-electron chi connectivity index (χ1n) is 8.78. The Kier molecular flexibility index (Phi) is 10.8. The van der Waals surface area contributed by atoms with E-state index in [1.54, 1.807) is 13.8 Å². The zero-order chi connectivity index (χ0) is 22.9. The van der Waals surface area contributed by atoms with Crippen LogP contribution in [0.2, 0.25) is 0 Å². The van der Waals surface area contributed by atoms with Crippen LogP contribution in [0.1, 0.15) is 27.2 Å². The SMILES string of the molecule is CC(C)C(NC(=O)C(NC(=O)C(CC(N)=O)NC(=O)C(N)CO)C(C)O)C(=O)O. The predicted octanol–water partition coefficient (Wildman–Crippen LogP) is -4.24. The summed E-state index contributed by atoms with van der Waals surface area (Å²) in [5, 5.41) is 34.4. The van der Waals surface area contributed by atoms with Crippen molar-refractivity contribution in [2.24, 2.45) is 17.4 Å². The molecule has 0 aromatic rings. The Morgan fingerprint density at radius 2 is 1.41 bits per heavy atom. The lowest BCUT2D eigenvalue weighted by Crippen LogP contribution is -2.60. The molecule has 0 aliphatic heterocycles. The van der Waals surface area contributed by atoms with E-state index < -0.39 is 78.8 Å². The van der Waals surface area contributed by atoms with Crippen LogP contribution in [0.4, 0.5) is 0 Å². The highest BCUT2D eigenvalue weighted by molar-refractivity contribution is 5.96. The van der Waals surface area contributed by atoms with Gasteiger partial charge in [-0.05, 0) is 12.8 Å². The van der Waals surface area contributed by atoms with E-state index in [4.69, 9.17) is 21.7 Å². The van der Waals surface area contributed by atoms with Gasteiger partial charge in [0.05, 0.1) is 19.1 Å². The van der Waals surface area contributed by atoms with Gasteiger partial charge in [0.25, 0.3) is 0 Å². The molecule has 29 heavy (non-hydrogen) atoms. The Labute approximate surface area is 167 Å². The van der Waals surface area contributed by atoms with Crippen LogP contribution in [0.5, 0.6) is 0 Å². The van der Waals surface area contributed by atoms with Crippen LogP contribution in [0.15, 0.2) is 0 Å². The van der Waals surface area contributed by atoms with Crippen LogP contribution >= 0.6 is 0 Å². The molecule has 166 valence electrons. The number of aliphatic hydroxyl groups is 2. The van der Waals surface area contributed by atoms with E-state index in [9.17, 15) is 29.1 Å². The molecule has 13 nitrogen and oxygen atoms in total. The van der Waals surface area contributed by atoms with Crippen molar-refractivity contribution in [2.45, 2.75) is 57.5 Å². The zero-order valence-electron chi connectivity index (χ0n) is 16.4. The van der Waals surface area contributed by atoms with E-state index in [1.165, 1.54) is 6.92 Å². The first-order valence-corrected chi connectivity index (χ1v) is 8.78. The average Bonchev–Trinajstić information content (AvgIpc) is 2.60. The molecule has 0 aliphatic carbocycles. The molecule has 0 aromatic carbocycles. The number of primary amides is 1. The Morgan fingerprint density at radius 1 is 0.897 bits per heavy atom. The number of carboxylic acid groups (broad SMARTS) is 1. The summed E-state index contributed by atoms with van der Waals surface area (Å²) in [7, 11) is 0. The second-order valence-corrected chi connectivity index (χ2v) is 6.82. The lowest BCUT2D eigenvalue weighted by molar-refractivity contribution is -0.144. The highest BCUT2D eigenvalue weighted by Gasteiger charge is 2.33. The van der Waals surface area contributed by atoms with Gasteiger partial charge >= 0.3 is 5.97 Å². The summed E-state index contributed by atoms with van der Waals surface area (Å²) in [5.41, 5.74) is 10.4. The molecule has 5 unspecified atom stereocenters. The monoisotopic (exact) mass is 419 g/mol. The van der Waals surface area contributed by atoms with Gasteiger partial charge in [0.1, 0.15) is 24.2 Å². The minimum Gasteiger partial charge on any atom is -0.480 e. The molecule has 0 aliphatic rings. The van der Waals surface area contributed by atoms with E-state index in [0.29, 0.717) is 0 Å². The van der Waals surface area contributed by atoms with Crippen molar-refractivity contribution in [1.82, 2.24) is 16.0 Å². The Bertz CT molecular complexity index is 624. The normalized spacial score (nSPS) is 16.1. The van der Waals surface area contributed by atoms with Crippen LogP contribution in [0.3, 0.4) is 0 Å². The predicted molar refractivity (Wildman–Crippen MR) is 98.8 cm³/mol. The average molecular weight is 419 g/mol. The van der Waals surface area contributed by atoms with Crippen molar-refractivity contribution in [3.63, 3.8) is 0 Å². The van der Waals surface area contributed by atoms with Crippen LogP contribution in [-0.4, -0.2) is 81.8 Å². The molecular formula is C16H29N5O8. The second-order valence-electron chi connectivity index (χ2n) is 6.82. The molecule has 0 rings (SSSR count). The summed E-state index contributed by atoms with van der Waals surface area (Å²) >= 11 is 0. The summed E-state index contributed by atoms with van der Waals surface area (Å²) in [4.78, 5) is 59.1. The van der Waals surface area contributed by atoms with Gasteiger partial charge in [-0.25, -0.2) is 4.79 Å². The third-order valence-corrected chi connectivity index (χ3v) is 3.86. The molecule has 0 saturated heterocycles. The fourth-order valence-corrected chi connectivity index (χ4v) is 2.19. The van der Waals surface area contributed by atoms with E-state index in [2.05, 4.69) is 16.0 Å². The molecule has 0 saturated carbocycles. The molecule has 0 aromatic heterocycles. The first-order chi connectivity index (χ1) is 13.3. The van der Waals surface area contributed by atoms with Crippen molar-refractivity contribution in [3.8, 4) is 0 Å². The summed E-state index contributed by atoms with van der Waals surface area (Å²) in [6, 6.07) is -5.75. The smallest absolute Gasteiger partial charge is 0.326 e. The van der Waals surface area contributed by atoms with Crippen LogP contribution in [-0.2, 0) is 24.0 Å². The lowest BCUT2D eigenvalue weighted by Gasteiger charge is -2.26. The minimum absolute atomic E-state index is 0.483. The standard InChI is InChI=1S/C16H29N5O8/c1-6(2)11(16(28)29)20-15(27)12(7(3)23)21-14(26)9(4-10(18)24)19-13(25)8(17)5-22/h6-9,11-12,22-23H,4-5,17H2,1-3H3,(H2,18,24)(H,19,25)(H,20,27)(H,21,26)(H,28,29). The summed E-state index contributed by atoms with van der Waals surface area (Å²) in [5.74, 6) is -5.71. The third-order valence-electron chi connectivity index (χ3n) is 3.86. The first kappa shape index (κ1) is 26.2. The highest BCUT2D eigenvalue weighted by atomic mass is 16.4. The third kappa shape index (κ3) is 8.85. The minimum atomic E-state index is -1.58. The van der Waals surface area contributed by atoms with Gasteiger partial charge in [0, 0.05) is 0 Å². The van der Waals surface area contributed by atoms with Crippen molar-refractivity contribution < 1.29 is 39.3 Å². The number of nitrogens with one attached hydrogen (secondary N) is 3. The zero-order valence-corrected chi connectivity index (χ0v) is 16.4. The lowest BCUT2D eigenvalue weighted by atomic mass is 10.0. The molecule has 0 fully saturated rings. The van der Waals surface area contributed by atoms with E-state index >= 15 is 0 Å². The number of carbonyl (C=O) groups excluding carboxylic acids is 4. The number of carboxylic acids is 1.